The lowest BCUT2D eigenvalue weighted by atomic mass is 10.1. The molecule has 4 rings (SSSR count). The van der Waals surface area contributed by atoms with E-state index in [0.29, 0.717) is 17.2 Å². The van der Waals surface area contributed by atoms with Crippen LogP contribution < -0.4 is 9.47 Å². The van der Waals surface area contributed by atoms with Gasteiger partial charge in [-0.05, 0) is 41.5 Å². The first-order valence-corrected chi connectivity index (χ1v) is 8.89. The van der Waals surface area contributed by atoms with E-state index in [0.717, 1.165) is 21.9 Å². The van der Waals surface area contributed by atoms with Crippen LogP contribution in [0.3, 0.4) is 0 Å². The molecule has 0 N–H and O–H groups in total. The fraction of sp³-hybridized carbons (Fsp3) is 0.182. The molecule has 0 spiro atoms. The Morgan fingerprint density at radius 1 is 1.04 bits per heavy atom. The summed E-state index contributed by atoms with van der Waals surface area (Å²) < 4.78 is 15.9. The average Bonchev–Trinajstić information content (AvgIpc) is 3.20. The number of nitrogens with zero attached hydrogens (tertiary/aromatic N) is 1. The van der Waals surface area contributed by atoms with Gasteiger partial charge in [0.25, 0.3) is 0 Å². The van der Waals surface area contributed by atoms with Crippen LogP contribution in [0.5, 0.6) is 11.5 Å². The third-order valence-electron chi connectivity index (χ3n) is 4.44. The van der Waals surface area contributed by atoms with Gasteiger partial charge in [-0.15, -0.1) is 0 Å². The van der Waals surface area contributed by atoms with Gasteiger partial charge in [0.05, 0.1) is 5.71 Å². The summed E-state index contributed by atoms with van der Waals surface area (Å²) in [5.41, 5.74) is 2.40. The van der Waals surface area contributed by atoms with Crippen LogP contribution in [0.15, 0.2) is 65.8 Å². The van der Waals surface area contributed by atoms with Crippen LogP contribution in [0.4, 0.5) is 0 Å². The quantitative estimate of drug-likeness (QED) is 0.368. The zero-order chi connectivity index (χ0) is 19.3. The minimum atomic E-state index is -0.477. The Labute approximate surface area is 162 Å². The molecule has 0 atom stereocenters. The second-order valence-electron chi connectivity index (χ2n) is 6.32. The zero-order valence-corrected chi connectivity index (χ0v) is 15.4. The van der Waals surface area contributed by atoms with Crippen LogP contribution >= 0.6 is 0 Å². The van der Waals surface area contributed by atoms with Gasteiger partial charge in [0.1, 0.15) is 6.61 Å². The van der Waals surface area contributed by atoms with E-state index in [1.807, 2.05) is 60.7 Å². The summed E-state index contributed by atoms with van der Waals surface area (Å²) in [6, 6.07) is 19.4. The second kappa shape index (κ2) is 8.00. The fourth-order valence-electron chi connectivity index (χ4n) is 2.97. The maximum atomic E-state index is 12.0. The van der Waals surface area contributed by atoms with Crippen LogP contribution in [0.1, 0.15) is 18.1 Å². The molecular formula is C22H19NO5. The Morgan fingerprint density at radius 3 is 2.79 bits per heavy atom. The number of hydrogen-bond acceptors (Lipinski definition) is 6. The van der Waals surface area contributed by atoms with Crippen molar-refractivity contribution in [1.82, 2.24) is 0 Å². The van der Waals surface area contributed by atoms with Gasteiger partial charge in [-0.1, -0.05) is 47.6 Å². The first-order chi connectivity index (χ1) is 13.7. The van der Waals surface area contributed by atoms with Gasteiger partial charge in [-0.3, -0.25) is 0 Å². The van der Waals surface area contributed by atoms with E-state index in [4.69, 9.17) is 19.0 Å². The van der Waals surface area contributed by atoms with Crippen molar-refractivity contribution in [2.75, 3.05) is 13.4 Å². The van der Waals surface area contributed by atoms with Crippen LogP contribution in [0.25, 0.3) is 10.8 Å². The minimum absolute atomic E-state index is 0.189. The van der Waals surface area contributed by atoms with E-state index in [-0.39, 0.29) is 20.0 Å². The van der Waals surface area contributed by atoms with Crippen molar-refractivity contribution in [3.63, 3.8) is 0 Å². The fourth-order valence-corrected chi connectivity index (χ4v) is 2.97. The summed E-state index contributed by atoms with van der Waals surface area (Å²) in [5.74, 6) is 0.895. The van der Waals surface area contributed by atoms with E-state index in [1.165, 1.54) is 0 Å². The molecule has 1 aliphatic rings. The molecule has 0 radical (unpaired) electrons. The highest BCUT2D eigenvalue weighted by Gasteiger charge is 2.14. The Balaban J connectivity index is 1.31. The number of carbonyl (C=O) groups is 1. The topological polar surface area (TPSA) is 66.4 Å². The van der Waals surface area contributed by atoms with E-state index in [9.17, 15) is 4.79 Å². The molecule has 0 saturated carbocycles. The van der Waals surface area contributed by atoms with Gasteiger partial charge >= 0.3 is 5.97 Å². The highest BCUT2D eigenvalue weighted by atomic mass is 16.7. The summed E-state index contributed by atoms with van der Waals surface area (Å²) >= 11 is 0. The molecule has 0 bridgehead atoms. The highest BCUT2D eigenvalue weighted by Crippen LogP contribution is 2.32. The summed E-state index contributed by atoms with van der Waals surface area (Å²) in [7, 11) is 0. The number of hydrogen-bond donors (Lipinski definition) is 0. The number of benzene rings is 3. The van der Waals surface area contributed by atoms with Gasteiger partial charge in [0.2, 0.25) is 13.4 Å². The third-order valence-corrected chi connectivity index (χ3v) is 4.44. The molecule has 0 unspecified atom stereocenters. The smallest absolute Gasteiger partial charge is 0.347 e. The van der Waals surface area contributed by atoms with Crippen LogP contribution in [0.2, 0.25) is 0 Å². The van der Waals surface area contributed by atoms with Gasteiger partial charge in [-0.2, -0.15) is 0 Å². The Bertz CT molecular complexity index is 1040. The van der Waals surface area contributed by atoms with Crippen molar-refractivity contribution in [3.8, 4) is 11.5 Å². The van der Waals surface area contributed by atoms with E-state index >= 15 is 0 Å². The molecule has 0 aliphatic carbocycles. The van der Waals surface area contributed by atoms with Crippen molar-refractivity contribution in [2.45, 2.75) is 13.5 Å². The molecule has 0 amide bonds. The lowest BCUT2D eigenvalue weighted by Crippen LogP contribution is -2.11. The Morgan fingerprint density at radius 2 is 1.86 bits per heavy atom. The van der Waals surface area contributed by atoms with Crippen LogP contribution in [0, 0.1) is 0 Å². The zero-order valence-electron chi connectivity index (χ0n) is 15.4. The molecular weight excluding hydrogens is 358 g/mol. The number of ether oxygens (including phenoxy) is 3. The molecule has 0 saturated heterocycles. The molecule has 6 nitrogen and oxygen atoms in total. The maximum Gasteiger partial charge on any atom is 0.347 e. The number of carbonyl (C=O) groups excluding carboxylic acids is 1. The predicted octanol–water partition coefficient (Wildman–Crippen LogP) is 4.05. The SMILES string of the molecule is C/C(=N/OCC(=O)OCc1cccc2ccccc12)c1ccc2c(c1)OCO2. The maximum absolute atomic E-state index is 12.0. The lowest BCUT2D eigenvalue weighted by molar-refractivity contribution is -0.150. The monoisotopic (exact) mass is 377 g/mol. The number of oxime groups is 1. The summed E-state index contributed by atoms with van der Waals surface area (Å²) in [5, 5.41) is 6.16. The summed E-state index contributed by atoms with van der Waals surface area (Å²) in [4.78, 5) is 17.1. The standard InChI is InChI=1S/C22H19NO5/c1-15(17-9-10-20-21(11-17)27-14-26-20)23-28-13-22(24)25-12-18-7-4-6-16-5-2-3-8-19(16)18/h2-11H,12-14H2,1H3/b23-15-. The molecule has 3 aromatic rings. The van der Waals surface area contributed by atoms with Crippen molar-refractivity contribution in [2.24, 2.45) is 5.16 Å². The van der Waals surface area contributed by atoms with Crippen molar-refractivity contribution >= 4 is 22.5 Å². The lowest BCUT2D eigenvalue weighted by Gasteiger charge is -2.08. The molecule has 28 heavy (non-hydrogen) atoms. The Kier molecular flexibility index (Phi) is 5.10. The molecule has 0 fully saturated rings. The molecule has 0 aromatic heterocycles. The van der Waals surface area contributed by atoms with Gasteiger partial charge in [0, 0.05) is 5.56 Å². The first kappa shape index (κ1) is 17.9. The van der Waals surface area contributed by atoms with Crippen LogP contribution in [-0.2, 0) is 21.0 Å². The minimum Gasteiger partial charge on any atom is -0.458 e. The van der Waals surface area contributed by atoms with E-state index in [2.05, 4.69) is 5.16 Å². The van der Waals surface area contributed by atoms with Gasteiger partial charge in [-0.25, -0.2) is 4.79 Å². The van der Waals surface area contributed by atoms with Crippen molar-refractivity contribution in [3.05, 3.63) is 71.8 Å². The molecule has 1 aliphatic heterocycles. The molecule has 3 aromatic carbocycles. The number of rotatable bonds is 6. The van der Waals surface area contributed by atoms with E-state index < -0.39 is 5.97 Å². The largest absolute Gasteiger partial charge is 0.458 e. The van der Waals surface area contributed by atoms with Crippen LogP contribution in [-0.4, -0.2) is 25.1 Å². The third kappa shape index (κ3) is 3.91. The normalized spacial score (nSPS) is 12.8. The van der Waals surface area contributed by atoms with Gasteiger partial charge in [0.15, 0.2) is 11.5 Å². The average molecular weight is 377 g/mol. The summed E-state index contributed by atoms with van der Waals surface area (Å²) in [6.07, 6.45) is 0. The highest BCUT2D eigenvalue weighted by molar-refractivity contribution is 5.99. The summed E-state index contributed by atoms with van der Waals surface area (Å²) in [6.45, 7) is 1.94. The first-order valence-electron chi connectivity index (χ1n) is 8.89. The van der Waals surface area contributed by atoms with Gasteiger partial charge < -0.3 is 19.0 Å². The van der Waals surface area contributed by atoms with Crippen molar-refractivity contribution in [1.29, 1.82) is 0 Å². The van der Waals surface area contributed by atoms with E-state index in [1.54, 1.807) is 6.92 Å². The number of esters is 1. The molecule has 142 valence electrons. The Hall–Kier alpha value is -3.54. The second-order valence-corrected chi connectivity index (χ2v) is 6.32. The van der Waals surface area contributed by atoms with Crippen molar-refractivity contribution < 1.29 is 23.8 Å². The predicted molar refractivity (Wildman–Crippen MR) is 104 cm³/mol. The molecule has 6 heteroatoms. The number of fused-ring (bicyclic) bond motifs is 2. The molecule has 1 heterocycles.